The maximum Gasteiger partial charge on any atom is 0.360 e. The smallest absolute Gasteiger partial charge is 0.360 e. The van der Waals surface area contributed by atoms with Gasteiger partial charge in [0.15, 0.2) is 0 Å². The van der Waals surface area contributed by atoms with Crippen molar-refractivity contribution in [1.29, 1.82) is 0 Å². The fraction of sp³-hybridized carbons (Fsp3) is 0.273. The van der Waals surface area contributed by atoms with Crippen LogP contribution in [0.3, 0.4) is 0 Å². The van der Waals surface area contributed by atoms with E-state index in [0.29, 0.717) is 17.0 Å². The minimum Gasteiger partial charge on any atom is -0.478 e. The molecule has 84 valence electrons. The molecule has 0 fully saturated rings. The van der Waals surface area contributed by atoms with Gasteiger partial charge in [0.2, 0.25) is 5.91 Å². The monoisotopic (exact) mass is 223 g/mol. The fourth-order valence-electron chi connectivity index (χ4n) is 1.81. The van der Waals surface area contributed by atoms with Crippen molar-refractivity contribution in [3.05, 3.63) is 29.8 Å². The summed E-state index contributed by atoms with van der Waals surface area (Å²) < 4.78 is 13.4. The van der Waals surface area contributed by atoms with E-state index < -0.39 is 18.2 Å². The van der Waals surface area contributed by atoms with Gasteiger partial charge in [0, 0.05) is 6.42 Å². The number of hydrogen-bond acceptors (Lipinski definition) is 2. The molecule has 0 bridgehead atoms. The predicted octanol–water partition coefficient (Wildman–Crippen LogP) is 1.35. The molecule has 0 saturated carbocycles. The number of carbonyl (C=O) groups excluding carboxylic acids is 1. The van der Waals surface area contributed by atoms with Crippen LogP contribution in [0.2, 0.25) is 0 Å². The van der Waals surface area contributed by atoms with Crippen LogP contribution in [-0.4, -0.2) is 23.3 Å². The number of alkyl halides is 1. The van der Waals surface area contributed by atoms with Crippen LogP contribution < -0.4 is 4.90 Å². The zero-order chi connectivity index (χ0) is 11.7. The molecule has 1 aliphatic rings. The predicted molar refractivity (Wildman–Crippen MR) is 54.8 cm³/mol. The van der Waals surface area contributed by atoms with Gasteiger partial charge in [-0.1, -0.05) is 18.2 Å². The van der Waals surface area contributed by atoms with Crippen LogP contribution in [-0.2, 0) is 16.0 Å². The van der Waals surface area contributed by atoms with Crippen molar-refractivity contribution in [3.8, 4) is 0 Å². The second-order valence-electron chi connectivity index (χ2n) is 3.57. The third-order valence-corrected chi connectivity index (χ3v) is 2.56. The highest BCUT2D eigenvalue weighted by Crippen LogP contribution is 2.29. The van der Waals surface area contributed by atoms with Crippen molar-refractivity contribution in [2.45, 2.75) is 19.1 Å². The Morgan fingerprint density at radius 1 is 1.38 bits per heavy atom. The average Bonchev–Trinajstić information content (AvgIpc) is 2.28. The van der Waals surface area contributed by atoms with E-state index in [0.717, 1.165) is 5.56 Å². The maximum absolute atomic E-state index is 13.4. The first-order valence-corrected chi connectivity index (χ1v) is 4.88. The zero-order valence-corrected chi connectivity index (χ0v) is 8.39. The van der Waals surface area contributed by atoms with Gasteiger partial charge < -0.3 is 5.11 Å². The first-order chi connectivity index (χ1) is 7.61. The molecule has 0 spiro atoms. The minimum atomic E-state index is -2.31. The van der Waals surface area contributed by atoms with Crippen molar-refractivity contribution in [2.75, 3.05) is 4.90 Å². The lowest BCUT2D eigenvalue weighted by Crippen LogP contribution is -2.45. The van der Waals surface area contributed by atoms with E-state index in [1.165, 1.54) is 0 Å². The van der Waals surface area contributed by atoms with Crippen LogP contribution >= 0.6 is 0 Å². The van der Waals surface area contributed by atoms with E-state index in [1.54, 1.807) is 24.3 Å². The van der Waals surface area contributed by atoms with Gasteiger partial charge in [-0.15, -0.1) is 0 Å². The number of carbonyl (C=O) groups is 2. The summed E-state index contributed by atoms with van der Waals surface area (Å²) in [5.74, 6) is -2.14. The van der Waals surface area contributed by atoms with Crippen LogP contribution in [0.4, 0.5) is 10.1 Å². The van der Waals surface area contributed by atoms with E-state index in [-0.39, 0.29) is 6.42 Å². The number of aryl methyl sites for hydroxylation is 1. The van der Waals surface area contributed by atoms with Gasteiger partial charge in [-0.2, -0.15) is 0 Å². The quantitative estimate of drug-likeness (QED) is 0.770. The number of hydrogen-bond donors (Lipinski definition) is 1. The first-order valence-electron chi connectivity index (χ1n) is 4.88. The van der Waals surface area contributed by atoms with Gasteiger partial charge in [0.25, 0.3) is 6.30 Å². The van der Waals surface area contributed by atoms with Crippen LogP contribution in [0.5, 0.6) is 0 Å². The molecule has 1 amide bonds. The second kappa shape index (κ2) is 3.92. The normalized spacial score (nSPS) is 16.8. The van der Waals surface area contributed by atoms with Crippen LogP contribution in [0, 0.1) is 0 Å². The Balaban J connectivity index is 2.44. The topological polar surface area (TPSA) is 57.6 Å². The van der Waals surface area contributed by atoms with E-state index in [9.17, 15) is 14.0 Å². The Bertz CT molecular complexity index is 447. The van der Waals surface area contributed by atoms with Crippen LogP contribution in [0.1, 0.15) is 12.0 Å². The molecule has 0 aromatic heterocycles. The van der Waals surface area contributed by atoms with Crippen molar-refractivity contribution in [1.82, 2.24) is 0 Å². The molecular formula is C11H10FNO3. The van der Waals surface area contributed by atoms with E-state index in [1.807, 2.05) is 0 Å². The van der Waals surface area contributed by atoms with Crippen molar-refractivity contribution in [3.63, 3.8) is 0 Å². The number of carboxylic acids is 1. The lowest BCUT2D eigenvalue weighted by atomic mass is 10.0. The summed E-state index contributed by atoms with van der Waals surface area (Å²) in [7, 11) is 0. The number of anilines is 1. The number of amides is 1. The van der Waals surface area contributed by atoms with Gasteiger partial charge >= 0.3 is 5.97 Å². The third kappa shape index (κ3) is 1.64. The highest BCUT2D eigenvalue weighted by molar-refractivity contribution is 6.00. The SMILES string of the molecule is O=C(O)C(F)N1C(=O)CCc2ccccc21. The summed E-state index contributed by atoms with van der Waals surface area (Å²) in [6.07, 6.45) is -1.64. The standard InChI is InChI=1S/C11H10FNO3/c12-10(11(15)16)13-8-4-2-1-3-7(8)5-6-9(13)14/h1-4,10H,5-6H2,(H,15,16). The number of nitrogens with zero attached hydrogens (tertiary/aromatic N) is 1. The summed E-state index contributed by atoms with van der Waals surface area (Å²) in [5, 5.41) is 8.61. The molecule has 1 aromatic rings. The molecule has 1 N–H and O–H groups in total. The summed E-state index contributed by atoms with van der Waals surface area (Å²) in [6, 6.07) is 6.76. The van der Waals surface area contributed by atoms with Crippen molar-refractivity contribution < 1.29 is 19.1 Å². The Kier molecular flexibility index (Phi) is 2.60. The summed E-state index contributed by atoms with van der Waals surface area (Å²) in [4.78, 5) is 22.8. The number of para-hydroxylation sites is 1. The van der Waals surface area contributed by atoms with Gasteiger partial charge in [-0.05, 0) is 18.1 Å². The van der Waals surface area contributed by atoms with Crippen molar-refractivity contribution in [2.24, 2.45) is 0 Å². The molecule has 4 nitrogen and oxygen atoms in total. The molecule has 1 heterocycles. The lowest BCUT2D eigenvalue weighted by Gasteiger charge is -2.29. The van der Waals surface area contributed by atoms with Crippen LogP contribution in [0.25, 0.3) is 0 Å². The molecule has 0 radical (unpaired) electrons. The lowest BCUT2D eigenvalue weighted by molar-refractivity contribution is -0.144. The highest BCUT2D eigenvalue weighted by Gasteiger charge is 2.34. The van der Waals surface area contributed by atoms with Crippen LogP contribution in [0.15, 0.2) is 24.3 Å². The number of halogens is 1. The molecule has 1 atom stereocenters. The molecule has 5 heteroatoms. The zero-order valence-electron chi connectivity index (χ0n) is 8.39. The fourth-order valence-corrected chi connectivity index (χ4v) is 1.81. The Labute approximate surface area is 91.3 Å². The van der Waals surface area contributed by atoms with Gasteiger partial charge in [0.05, 0.1) is 5.69 Å². The number of carboxylic acid groups (broad SMARTS) is 1. The third-order valence-electron chi connectivity index (χ3n) is 2.56. The molecule has 1 aliphatic heterocycles. The molecule has 1 aromatic carbocycles. The van der Waals surface area contributed by atoms with Gasteiger partial charge in [-0.25, -0.2) is 9.18 Å². The maximum atomic E-state index is 13.4. The number of aliphatic carboxylic acids is 1. The summed E-state index contributed by atoms with van der Waals surface area (Å²) in [5.41, 5.74) is 1.15. The highest BCUT2D eigenvalue weighted by atomic mass is 19.1. The molecule has 0 aliphatic carbocycles. The molecule has 1 unspecified atom stereocenters. The molecular weight excluding hydrogens is 213 g/mol. The Hall–Kier alpha value is -1.91. The van der Waals surface area contributed by atoms with Crippen molar-refractivity contribution >= 4 is 17.6 Å². The summed E-state index contributed by atoms with van der Waals surface area (Å²) >= 11 is 0. The molecule has 0 saturated heterocycles. The largest absolute Gasteiger partial charge is 0.478 e. The number of rotatable bonds is 2. The molecule has 16 heavy (non-hydrogen) atoms. The number of benzene rings is 1. The van der Waals surface area contributed by atoms with Gasteiger partial charge in [-0.3, -0.25) is 9.69 Å². The summed E-state index contributed by atoms with van der Waals surface area (Å²) in [6.45, 7) is 0. The van der Waals surface area contributed by atoms with Gasteiger partial charge in [0.1, 0.15) is 0 Å². The Morgan fingerprint density at radius 2 is 2.06 bits per heavy atom. The minimum absolute atomic E-state index is 0.144. The second-order valence-corrected chi connectivity index (χ2v) is 3.57. The number of fused-ring (bicyclic) bond motifs is 1. The average molecular weight is 223 g/mol. The Morgan fingerprint density at radius 3 is 2.75 bits per heavy atom. The first kappa shape index (κ1) is 10.6. The van der Waals surface area contributed by atoms with E-state index in [2.05, 4.69) is 0 Å². The van der Waals surface area contributed by atoms with E-state index >= 15 is 0 Å². The molecule has 2 rings (SSSR count). The van der Waals surface area contributed by atoms with E-state index in [4.69, 9.17) is 5.11 Å².